The molecule has 1 atom stereocenters. The number of carbonyl (C=O) groups is 1. The van der Waals surface area contributed by atoms with Crippen LogP contribution in [0.3, 0.4) is 0 Å². The van der Waals surface area contributed by atoms with Gasteiger partial charge in [-0.05, 0) is 27.2 Å². The Balaban J connectivity index is 3.78. The second kappa shape index (κ2) is 7.47. The van der Waals surface area contributed by atoms with E-state index in [1.807, 2.05) is 39.9 Å². The molecule has 0 fully saturated rings. The fraction of sp³-hybridized carbons (Fsp3) is 0.909. The number of alkyl carbamates (subject to hydrolysis) is 1. The second-order valence-electron chi connectivity index (χ2n) is 5.17. The van der Waals surface area contributed by atoms with Crippen LogP contribution in [-0.2, 0) is 4.74 Å². The Labute approximate surface area is 104 Å². The van der Waals surface area contributed by atoms with Gasteiger partial charge in [0, 0.05) is 33.2 Å². The smallest absolute Gasteiger partial charge is 0.407 e. The summed E-state index contributed by atoms with van der Waals surface area (Å²) in [6.07, 6.45) is 0.367. The highest BCUT2D eigenvalue weighted by Crippen LogP contribution is 2.06. The van der Waals surface area contributed by atoms with E-state index in [4.69, 9.17) is 10.5 Å². The number of nitrogens with two attached hydrogens (primary N) is 1. The summed E-state index contributed by atoms with van der Waals surface area (Å²) in [6, 6.07) is 0.153. The van der Waals surface area contributed by atoms with Crippen molar-refractivity contribution in [2.75, 3.05) is 27.2 Å². The first-order chi connectivity index (χ1) is 7.74. The Bertz CT molecular complexity index is 226. The van der Waals surface area contributed by atoms with Crippen LogP contribution in [-0.4, -0.2) is 49.9 Å². The summed E-state index contributed by atoms with van der Waals surface area (Å²) in [4.78, 5) is 11.4. The van der Waals surface area contributed by atoms with Gasteiger partial charge in [0.2, 0.25) is 0 Å². The Kier molecular flexibility index (Phi) is 7.10. The molecular formula is C11H26N4O2. The molecule has 6 heteroatoms. The predicted molar refractivity (Wildman–Crippen MR) is 68.5 cm³/mol. The number of carbonyl (C=O) groups excluding carboxylic acids is 1. The minimum absolute atomic E-state index is 0.153. The SMILES string of the molecule is CN(C)NC(CN)CCNC(=O)OC(C)(C)C. The van der Waals surface area contributed by atoms with Gasteiger partial charge in [0.15, 0.2) is 0 Å². The van der Waals surface area contributed by atoms with Gasteiger partial charge in [0.25, 0.3) is 0 Å². The lowest BCUT2D eigenvalue weighted by Crippen LogP contribution is -2.46. The average Bonchev–Trinajstić information content (AvgIpc) is 2.12. The topological polar surface area (TPSA) is 79.6 Å². The molecule has 0 aromatic carbocycles. The molecule has 102 valence electrons. The first-order valence-electron chi connectivity index (χ1n) is 5.85. The lowest BCUT2D eigenvalue weighted by atomic mass is 10.2. The van der Waals surface area contributed by atoms with E-state index in [2.05, 4.69) is 10.7 Å². The molecule has 1 unspecified atom stereocenters. The van der Waals surface area contributed by atoms with Gasteiger partial charge >= 0.3 is 6.09 Å². The predicted octanol–water partition coefficient (Wildman–Crippen LogP) is 0.295. The highest BCUT2D eigenvalue weighted by atomic mass is 16.6. The Morgan fingerprint density at radius 1 is 1.41 bits per heavy atom. The van der Waals surface area contributed by atoms with Gasteiger partial charge in [-0.15, -0.1) is 0 Å². The Morgan fingerprint density at radius 2 is 2.00 bits per heavy atom. The molecule has 1 amide bonds. The van der Waals surface area contributed by atoms with Crippen LogP contribution >= 0.6 is 0 Å². The summed E-state index contributed by atoms with van der Waals surface area (Å²) >= 11 is 0. The van der Waals surface area contributed by atoms with Crippen molar-refractivity contribution >= 4 is 6.09 Å². The molecule has 0 aromatic heterocycles. The number of nitrogens with one attached hydrogen (secondary N) is 2. The van der Waals surface area contributed by atoms with Crippen LogP contribution in [0.25, 0.3) is 0 Å². The molecular weight excluding hydrogens is 220 g/mol. The van der Waals surface area contributed by atoms with Crippen molar-refractivity contribution in [3.05, 3.63) is 0 Å². The Morgan fingerprint density at radius 3 is 2.41 bits per heavy atom. The highest BCUT2D eigenvalue weighted by molar-refractivity contribution is 5.67. The molecule has 0 aliphatic rings. The standard InChI is InChI=1S/C11H26N4O2/c1-11(2,3)17-10(16)13-7-6-9(8-12)14-15(4)5/h9,14H,6-8,12H2,1-5H3,(H,13,16). The molecule has 0 rings (SSSR count). The van der Waals surface area contributed by atoms with Gasteiger partial charge < -0.3 is 15.8 Å². The molecule has 6 nitrogen and oxygen atoms in total. The number of amides is 1. The van der Waals surface area contributed by atoms with Crippen LogP contribution in [0, 0.1) is 0 Å². The number of hydrazine groups is 1. The quantitative estimate of drug-likeness (QED) is 0.587. The number of hydrogen-bond donors (Lipinski definition) is 3. The van der Waals surface area contributed by atoms with Crippen molar-refractivity contribution in [1.29, 1.82) is 0 Å². The maximum atomic E-state index is 11.4. The van der Waals surface area contributed by atoms with Crippen molar-refractivity contribution in [1.82, 2.24) is 15.8 Å². The molecule has 0 aromatic rings. The monoisotopic (exact) mass is 246 g/mol. The van der Waals surface area contributed by atoms with Gasteiger partial charge in [0.1, 0.15) is 5.60 Å². The molecule has 0 radical (unpaired) electrons. The van der Waals surface area contributed by atoms with Crippen LogP contribution in [0.1, 0.15) is 27.2 Å². The lowest BCUT2D eigenvalue weighted by molar-refractivity contribution is 0.0525. The maximum absolute atomic E-state index is 11.4. The molecule has 0 saturated heterocycles. The molecule has 0 bridgehead atoms. The number of ether oxygens (including phenoxy) is 1. The Hall–Kier alpha value is -0.850. The van der Waals surface area contributed by atoms with Crippen LogP contribution in [0.2, 0.25) is 0 Å². The van der Waals surface area contributed by atoms with Crippen LogP contribution in [0.4, 0.5) is 4.79 Å². The van der Waals surface area contributed by atoms with Crippen molar-refractivity contribution in [2.24, 2.45) is 5.73 Å². The van der Waals surface area contributed by atoms with Crippen molar-refractivity contribution in [2.45, 2.75) is 38.8 Å². The summed E-state index contributed by atoms with van der Waals surface area (Å²) in [5.74, 6) is 0. The van der Waals surface area contributed by atoms with E-state index in [9.17, 15) is 4.79 Å². The minimum Gasteiger partial charge on any atom is -0.444 e. The summed E-state index contributed by atoms with van der Waals surface area (Å²) in [7, 11) is 3.81. The zero-order chi connectivity index (χ0) is 13.5. The molecule has 0 aliphatic carbocycles. The maximum Gasteiger partial charge on any atom is 0.407 e. The van der Waals surface area contributed by atoms with Gasteiger partial charge in [-0.25, -0.2) is 4.79 Å². The van der Waals surface area contributed by atoms with Gasteiger partial charge in [-0.2, -0.15) is 0 Å². The fourth-order valence-electron chi connectivity index (χ4n) is 1.26. The minimum atomic E-state index is -0.459. The summed E-state index contributed by atoms with van der Waals surface area (Å²) in [6.45, 7) is 6.57. The van der Waals surface area contributed by atoms with E-state index in [1.54, 1.807) is 0 Å². The van der Waals surface area contributed by atoms with E-state index in [0.717, 1.165) is 6.42 Å². The number of hydrogen-bond acceptors (Lipinski definition) is 5. The first kappa shape index (κ1) is 16.1. The molecule has 4 N–H and O–H groups in total. The third kappa shape index (κ3) is 10.0. The first-order valence-corrected chi connectivity index (χ1v) is 5.85. The largest absolute Gasteiger partial charge is 0.444 e. The normalized spacial score (nSPS) is 13.6. The third-order valence-electron chi connectivity index (χ3n) is 1.89. The molecule has 17 heavy (non-hydrogen) atoms. The van der Waals surface area contributed by atoms with Gasteiger partial charge in [-0.1, -0.05) is 0 Å². The lowest BCUT2D eigenvalue weighted by Gasteiger charge is -2.23. The average molecular weight is 246 g/mol. The van der Waals surface area contributed by atoms with Crippen molar-refractivity contribution < 1.29 is 9.53 Å². The summed E-state index contributed by atoms with van der Waals surface area (Å²) < 4.78 is 5.12. The van der Waals surface area contributed by atoms with Crippen molar-refractivity contribution in [3.63, 3.8) is 0 Å². The van der Waals surface area contributed by atoms with Crippen LogP contribution < -0.4 is 16.5 Å². The van der Waals surface area contributed by atoms with E-state index in [-0.39, 0.29) is 6.04 Å². The van der Waals surface area contributed by atoms with E-state index < -0.39 is 11.7 Å². The molecule has 0 spiro atoms. The second-order valence-corrected chi connectivity index (χ2v) is 5.17. The van der Waals surface area contributed by atoms with E-state index in [1.165, 1.54) is 0 Å². The third-order valence-corrected chi connectivity index (χ3v) is 1.89. The van der Waals surface area contributed by atoms with Crippen LogP contribution in [0.5, 0.6) is 0 Å². The molecule has 0 saturated carbocycles. The fourth-order valence-corrected chi connectivity index (χ4v) is 1.26. The molecule has 0 heterocycles. The van der Waals surface area contributed by atoms with Crippen molar-refractivity contribution in [3.8, 4) is 0 Å². The summed E-state index contributed by atoms with van der Waals surface area (Å²) in [5.41, 5.74) is 8.32. The van der Waals surface area contributed by atoms with Gasteiger partial charge in [-0.3, -0.25) is 10.4 Å². The van der Waals surface area contributed by atoms with E-state index >= 15 is 0 Å². The molecule has 0 aliphatic heterocycles. The van der Waals surface area contributed by atoms with Crippen LogP contribution in [0.15, 0.2) is 0 Å². The number of rotatable bonds is 6. The van der Waals surface area contributed by atoms with Gasteiger partial charge in [0.05, 0.1) is 0 Å². The van der Waals surface area contributed by atoms with E-state index in [0.29, 0.717) is 13.1 Å². The highest BCUT2D eigenvalue weighted by Gasteiger charge is 2.16. The summed E-state index contributed by atoms with van der Waals surface area (Å²) in [5, 5.41) is 4.55. The number of nitrogens with zero attached hydrogens (tertiary/aromatic N) is 1. The zero-order valence-corrected chi connectivity index (χ0v) is 11.5. The zero-order valence-electron chi connectivity index (χ0n) is 11.5.